The highest BCUT2D eigenvalue weighted by molar-refractivity contribution is 6.17. The predicted molar refractivity (Wildman–Crippen MR) is 252 cm³/mol. The van der Waals surface area contributed by atoms with Crippen molar-refractivity contribution in [1.82, 2.24) is 0 Å². The van der Waals surface area contributed by atoms with E-state index in [9.17, 15) is 0 Å². The molecule has 0 radical (unpaired) electrons. The van der Waals surface area contributed by atoms with Gasteiger partial charge in [-0.3, -0.25) is 0 Å². The van der Waals surface area contributed by atoms with Crippen molar-refractivity contribution in [2.45, 2.75) is 41.5 Å². The van der Waals surface area contributed by atoms with Gasteiger partial charge in [0.2, 0.25) is 0 Å². The molecule has 278 valence electrons. The number of fused-ring (bicyclic) bond motifs is 4. The first-order chi connectivity index (χ1) is 28.3. The first-order valence-corrected chi connectivity index (χ1v) is 20.5. The summed E-state index contributed by atoms with van der Waals surface area (Å²) in [5.41, 5.74) is 20.7. The third-order valence-corrected chi connectivity index (χ3v) is 12.5. The van der Waals surface area contributed by atoms with E-state index in [4.69, 9.17) is 0 Å². The molecule has 0 amide bonds. The summed E-state index contributed by atoms with van der Waals surface area (Å²) in [5, 5.41) is 10.2. The second kappa shape index (κ2) is 14.0. The summed E-state index contributed by atoms with van der Waals surface area (Å²) in [4.78, 5) is 0. The van der Waals surface area contributed by atoms with Crippen molar-refractivity contribution in [3.05, 3.63) is 203 Å². The minimum atomic E-state index is 1.25. The zero-order chi connectivity index (χ0) is 39.7. The summed E-state index contributed by atoms with van der Waals surface area (Å²) in [6.07, 6.45) is 0. The number of benzene rings is 10. The zero-order valence-electron chi connectivity index (χ0n) is 34.2. The maximum absolute atomic E-state index is 2.35. The summed E-state index contributed by atoms with van der Waals surface area (Å²) in [5.74, 6) is 0. The van der Waals surface area contributed by atoms with Crippen LogP contribution in [0.25, 0.3) is 98.7 Å². The third kappa shape index (κ3) is 5.74. The van der Waals surface area contributed by atoms with Crippen LogP contribution in [0.4, 0.5) is 0 Å². The molecular formula is C58H46. The lowest BCUT2D eigenvalue weighted by Crippen LogP contribution is -1.94. The SMILES string of the molecule is Cc1cc(C)c(-c2ccc(-c3ccc(-c4ccc(-c5ccc(-c6c(C)cc(C)cc6C)c6ccccc56)c5ccccc45)c4ccccc34)c3ccccc23)c(C)c1. The van der Waals surface area contributed by atoms with E-state index in [2.05, 4.69) is 211 Å². The standard InChI is InChI=1S/C58H46/c1-35-31-37(3)57(38(4)32-35)55-29-27-53(45-19-11-13-21-47(45)55)51-25-23-49(41-15-7-9-17-43(41)51)50-24-26-52(44-18-10-8-16-42(44)50)54-28-30-56(48-22-14-12-20-46(48)54)58-39(5)33-36(2)34-40(58)6/h7-34H,1-6H3. The highest BCUT2D eigenvalue weighted by atomic mass is 14.2. The Morgan fingerprint density at radius 2 is 0.379 bits per heavy atom. The Morgan fingerprint density at radius 3 is 0.586 bits per heavy atom. The Kier molecular flexibility index (Phi) is 8.61. The van der Waals surface area contributed by atoms with E-state index in [1.54, 1.807) is 0 Å². The van der Waals surface area contributed by atoms with Gasteiger partial charge in [-0.2, -0.15) is 0 Å². The molecule has 0 aliphatic heterocycles. The van der Waals surface area contributed by atoms with Gasteiger partial charge < -0.3 is 0 Å². The maximum atomic E-state index is 2.35. The molecule has 0 aliphatic rings. The molecule has 0 atom stereocenters. The summed E-state index contributed by atoms with van der Waals surface area (Å²) >= 11 is 0. The lowest BCUT2D eigenvalue weighted by Gasteiger charge is -2.19. The van der Waals surface area contributed by atoms with Crippen LogP contribution in [0, 0.1) is 41.5 Å². The molecule has 10 aromatic carbocycles. The average molecular weight is 743 g/mol. The maximum Gasteiger partial charge on any atom is -0.00987 e. The Bertz CT molecular complexity index is 3010. The Balaban J connectivity index is 1.13. The van der Waals surface area contributed by atoms with Gasteiger partial charge in [-0.25, -0.2) is 0 Å². The molecule has 10 rings (SSSR count). The van der Waals surface area contributed by atoms with Crippen molar-refractivity contribution in [3.63, 3.8) is 0 Å². The largest absolute Gasteiger partial charge is 0.0616 e. The quantitative estimate of drug-likeness (QED) is 0.165. The summed E-state index contributed by atoms with van der Waals surface area (Å²) in [7, 11) is 0. The van der Waals surface area contributed by atoms with Gasteiger partial charge in [-0.1, -0.05) is 181 Å². The van der Waals surface area contributed by atoms with Crippen molar-refractivity contribution in [2.75, 3.05) is 0 Å². The van der Waals surface area contributed by atoms with E-state index in [0.717, 1.165) is 0 Å². The van der Waals surface area contributed by atoms with Crippen LogP contribution in [0.3, 0.4) is 0 Å². The minimum absolute atomic E-state index is 1.25. The lowest BCUT2D eigenvalue weighted by molar-refractivity contribution is 1.32. The first-order valence-electron chi connectivity index (χ1n) is 20.5. The molecule has 0 bridgehead atoms. The van der Waals surface area contributed by atoms with Crippen molar-refractivity contribution in [2.24, 2.45) is 0 Å². The molecule has 10 aromatic rings. The third-order valence-electron chi connectivity index (χ3n) is 12.5. The molecule has 0 aromatic heterocycles. The average Bonchev–Trinajstić information content (AvgIpc) is 3.22. The molecule has 0 unspecified atom stereocenters. The number of hydrogen-bond donors (Lipinski definition) is 0. The van der Waals surface area contributed by atoms with E-state index < -0.39 is 0 Å². The normalized spacial score (nSPS) is 11.6. The van der Waals surface area contributed by atoms with Crippen LogP contribution in [0.2, 0.25) is 0 Å². The molecule has 58 heavy (non-hydrogen) atoms. The monoisotopic (exact) mass is 742 g/mol. The molecule has 0 N–H and O–H groups in total. The first kappa shape index (κ1) is 35.6. The zero-order valence-corrected chi connectivity index (χ0v) is 34.2. The lowest BCUT2D eigenvalue weighted by atomic mass is 9.84. The highest BCUT2D eigenvalue weighted by Crippen LogP contribution is 2.46. The number of aryl methyl sites for hydroxylation is 6. The second-order valence-electron chi connectivity index (χ2n) is 16.4. The summed E-state index contributed by atoms with van der Waals surface area (Å²) in [6, 6.07) is 63.8. The molecule has 0 spiro atoms. The Morgan fingerprint density at radius 1 is 0.207 bits per heavy atom. The van der Waals surface area contributed by atoms with Crippen LogP contribution in [-0.4, -0.2) is 0 Å². The van der Waals surface area contributed by atoms with Gasteiger partial charge in [0, 0.05) is 0 Å². The molecule has 0 heterocycles. The Hall–Kier alpha value is -6.76. The molecular weight excluding hydrogens is 697 g/mol. The highest BCUT2D eigenvalue weighted by Gasteiger charge is 2.19. The van der Waals surface area contributed by atoms with Crippen LogP contribution in [-0.2, 0) is 0 Å². The van der Waals surface area contributed by atoms with Gasteiger partial charge in [-0.15, -0.1) is 0 Å². The molecule has 0 saturated carbocycles. The van der Waals surface area contributed by atoms with Crippen LogP contribution in [0.1, 0.15) is 33.4 Å². The van der Waals surface area contributed by atoms with Crippen LogP contribution < -0.4 is 0 Å². The molecule has 0 fully saturated rings. The van der Waals surface area contributed by atoms with E-state index in [0.29, 0.717) is 0 Å². The van der Waals surface area contributed by atoms with Crippen molar-refractivity contribution < 1.29 is 0 Å². The van der Waals surface area contributed by atoms with Gasteiger partial charge in [0.1, 0.15) is 0 Å². The van der Waals surface area contributed by atoms with Crippen molar-refractivity contribution in [1.29, 1.82) is 0 Å². The number of rotatable bonds is 5. The fourth-order valence-electron chi connectivity index (χ4n) is 10.3. The van der Waals surface area contributed by atoms with Crippen molar-refractivity contribution >= 4 is 43.1 Å². The predicted octanol–water partition coefficient (Wildman–Crippen LogP) is 16.5. The van der Waals surface area contributed by atoms with Crippen LogP contribution >= 0.6 is 0 Å². The van der Waals surface area contributed by atoms with Gasteiger partial charge >= 0.3 is 0 Å². The van der Waals surface area contributed by atoms with E-state index in [-0.39, 0.29) is 0 Å². The number of hydrogen-bond acceptors (Lipinski definition) is 0. The summed E-state index contributed by atoms with van der Waals surface area (Å²) in [6.45, 7) is 13.3. The van der Waals surface area contributed by atoms with E-state index >= 15 is 0 Å². The fourth-order valence-corrected chi connectivity index (χ4v) is 10.3. The second-order valence-corrected chi connectivity index (χ2v) is 16.4. The van der Waals surface area contributed by atoms with Gasteiger partial charge in [0.15, 0.2) is 0 Å². The van der Waals surface area contributed by atoms with Crippen LogP contribution in [0.15, 0.2) is 170 Å². The minimum Gasteiger partial charge on any atom is -0.0616 e. The molecule has 0 nitrogen and oxygen atoms in total. The van der Waals surface area contributed by atoms with Gasteiger partial charge in [0.05, 0.1) is 0 Å². The fraction of sp³-hybridized carbons (Fsp3) is 0.103. The molecule has 0 saturated heterocycles. The van der Waals surface area contributed by atoms with Gasteiger partial charge in [-0.05, 0) is 163 Å². The Labute approximate surface area is 342 Å². The topological polar surface area (TPSA) is 0 Å². The smallest absolute Gasteiger partial charge is 0.00987 e. The van der Waals surface area contributed by atoms with Crippen LogP contribution in [0.5, 0.6) is 0 Å². The summed E-state index contributed by atoms with van der Waals surface area (Å²) < 4.78 is 0. The molecule has 0 aliphatic carbocycles. The molecule has 0 heteroatoms. The van der Waals surface area contributed by atoms with Gasteiger partial charge in [0.25, 0.3) is 0 Å². The van der Waals surface area contributed by atoms with E-state index in [1.807, 2.05) is 0 Å². The van der Waals surface area contributed by atoms with E-state index in [1.165, 1.54) is 132 Å². The van der Waals surface area contributed by atoms with Crippen molar-refractivity contribution in [3.8, 4) is 55.6 Å².